The van der Waals surface area contributed by atoms with Gasteiger partial charge in [-0.15, -0.1) is 0 Å². The van der Waals surface area contributed by atoms with E-state index in [0.717, 1.165) is 24.6 Å². The van der Waals surface area contributed by atoms with Crippen molar-refractivity contribution < 1.29 is 0 Å². The number of hydrogen-bond acceptors (Lipinski definition) is 4. The third kappa shape index (κ3) is 3.09. The molecule has 0 atom stereocenters. The molecule has 1 aromatic heterocycles. The van der Waals surface area contributed by atoms with Gasteiger partial charge in [0.05, 0.1) is 6.20 Å². The molecule has 1 aromatic carbocycles. The summed E-state index contributed by atoms with van der Waals surface area (Å²) in [7, 11) is 0. The molecule has 0 radical (unpaired) electrons. The molecule has 0 unspecified atom stereocenters. The number of anilines is 2. The Bertz CT molecular complexity index is 503. The maximum absolute atomic E-state index is 4.20. The van der Waals surface area contributed by atoms with E-state index < -0.39 is 0 Å². The lowest BCUT2D eigenvalue weighted by molar-refractivity contribution is 0.460. The van der Waals surface area contributed by atoms with Crippen molar-refractivity contribution in [1.29, 1.82) is 0 Å². The molecule has 0 bridgehead atoms. The maximum atomic E-state index is 4.20. The summed E-state index contributed by atoms with van der Waals surface area (Å²) < 4.78 is 0. The van der Waals surface area contributed by atoms with Crippen LogP contribution < -0.4 is 10.6 Å². The molecule has 3 rings (SSSR count). The standard InChI is InChI=1S/C15H18N4/c1-3-14(19-15-11-17-9-10-18-15)4-2-12(1)13-5-7-16-8-6-13/h1-4,9-11,13,16H,5-8H2,(H,18,19). The van der Waals surface area contributed by atoms with E-state index in [9.17, 15) is 0 Å². The van der Waals surface area contributed by atoms with Crippen LogP contribution in [-0.2, 0) is 0 Å². The first-order valence-corrected chi connectivity index (χ1v) is 6.75. The first-order valence-electron chi connectivity index (χ1n) is 6.75. The van der Waals surface area contributed by atoms with Crippen LogP contribution in [0.3, 0.4) is 0 Å². The van der Waals surface area contributed by atoms with Gasteiger partial charge < -0.3 is 10.6 Å². The largest absolute Gasteiger partial charge is 0.339 e. The average molecular weight is 254 g/mol. The van der Waals surface area contributed by atoms with E-state index >= 15 is 0 Å². The van der Waals surface area contributed by atoms with Crippen molar-refractivity contribution in [3.05, 3.63) is 48.4 Å². The third-order valence-electron chi connectivity index (χ3n) is 3.56. The van der Waals surface area contributed by atoms with Crippen molar-refractivity contribution in [2.45, 2.75) is 18.8 Å². The smallest absolute Gasteiger partial charge is 0.148 e. The van der Waals surface area contributed by atoms with E-state index in [1.165, 1.54) is 18.4 Å². The van der Waals surface area contributed by atoms with Crippen molar-refractivity contribution in [3.63, 3.8) is 0 Å². The number of piperidine rings is 1. The van der Waals surface area contributed by atoms with Gasteiger partial charge in [0.2, 0.25) is 0 Å². The minimum absolute atomic E-state index is 0.701. The second-order valence-electron chi connectivity index (χ2n) is 4.86. The SMILES string of the molecule is c1cnc(Nc2ccc(C3CCNCC3)cc2)cn1. The minimum Gasteiger partial charge on any atom is -0.339 e. The predicted molar refractivity (Wildman–Crippen MR) is 76.6 cm³/mol. The summed E-state index contributed by atoms with van der Waals surface area (Å²) >= 11 is 0. The minimum atomic E-state index is 0.701. The number of nitrogens with zero attached hydrogens (tertiary/aromatic N) is 2. The molecule has 2 aromatic rings. The summed E-state index contributed by atoms with van der Waals surface area (Å²) in [5.74, 6) is 1.48. The second kappa shape index (κ2) is 5.80. The van der Waals surface area contributed by atoms with Gasteiger partial charge in [-0.2, -0.15) is 0 Å². The first-order chi connectivity index (χ1) is 9.42. The van der Waals surface area contributed by atoms with E-state index in [0.29, 0.717) is 5.92 Å². The molecule has 4 nitrogen and oxygen atoms in total. The van der Waals surface area contributed by atoms with E-state index in [-0.39, 0.29) is 0 Å². The highest BCUT2D eigenvalue weighted by atomic mass is 15.0. The molecule has 0 spiro atoms. The van der Waals surface area contributed by atoms with Crippen LogP contribution in [0.2, 0.25) is 0 Å². The van der Waals surface area contributed by atoms with Crippen molar-refractivity contribution >= 4 is 11.5 Å². The number of aromatic nitrogens is 2. The summed E-state index contributed by atoms with van der Waals surface area (Å²) in [5.41, 5.74) is 2.49. The average Bonchev–Trinajstić information content (AvgIpc) is 2.50. The zero-order valence-corrected chi connectivity index (χ0v) is 10.8. The highest BCUT2D eigenvalue weighted by Gasteiger charge is 2.14. The van der Waals surface area contributed by atoms with Gasteiger partial charge in [0, 0.05) is 18.1 Å². The molecule has 2 heterocycles. The molecule has 19 heavy (non-hydrogen) atoms. The van der Waals surface area contributed by atoms with Gasteiger partial charge in [0.15, 0.2) is 0 Å². The molecule has 0 amide bonds. The Kier molecular flexibility index (Phi) is 3.70. The van der Waals surface area contributed by atoms with E-state index in [1.807, 2.05) is 0 Å². The number of benzene rings is 1. The number of nitrogens with one attached hydrogen (secondary N) is 2. The highest BCUT2D eigenvalue weighted by Crippen LogP contribution is 2.26. The molecule has 1 aliphatic rings. The van der Waals surface area contributed by atoms with Gasteiger partial charge >= 0.3 is 0 Å². The van der Waals surface area contributed by atoms with Crippen molar-refractivity contribution in [3.8, 4) is 0 Å². The van der Waals surface area contributed by atoms with Crippen LogP contribution in [0.1, 0.15) is 24.3 Å². The van der Waals surface area contributed by atoms with Crippen LogP contribution in [0.5, 0.6) is 0 Å². The molecule has 1 aliphatic heterocycles. The van der Waals surface area contributed by atoms with Crippen LogP contribution in [0, 0.1) is 0 Å². The second-order valence-corrected chi connectivity index (χ2v) is 4.86. The van der Waals surface area contributed by atoms with Crippen molar-refractivity contribution in [2.75, 3.05) is 18.4 Å². The number of rotatable bonds is 3. The van der Waals surface area contributed by atoms with Gasteiger partial charge in [0.25, 0.3) is 0 Å². The van der Waals surface area contributed by atoms with Crippen LogP contribution in [0.15, 0.2) is 42.9 Å². The molecular formula is C15H18N4. The molecule has 1 fully saturated rings. The van der Waals surface area contributed by atoms with E-state index in [1.54, 1.807) is 18.6 Å². The fourth-order valence-corrected chi connectivity index (χ4v) is 2.51. The van der Waals surface area contributed by atoms with Crippen LogP contribution in [0.25, 0.3) is 0 Å². The lowest BCUT2D eigenvalue weighted by Gasteiger charge is -2.23. The quantitative estimate of drug-likeness (QED) is 0.884. The van der Waals surface area contributed by atoms with E-state index in [2.05, 4.69) is 44.9 Å². The molecule has 1 saturated heterocycles. The van der Waals surface area contributed by atoms with Crippen molar-refractivity contribution in [2.24, 2.45) is 0 Å². The first kappa shape index (κ1) is 12.1. The molecular weight excluding hydrogens is 236 g/mol. The summed E-state index contributed by atoms with van der Waals surface area (Å²) in [6.45, 7) is 2.26. The fourth-order valence-electron chi connectivity index (χ4n) is 2.51. The summed E-state index contributed by atoms with van der Waals surface area (Å²) in [6.07, 6.45) is 7.55. The van der Waals surface area contributed by atoms with Crippen LogP contribution in [0.4, 0.5) is 11.5 Å². The molecule has 98 valence electrons. The van der Waals surface area contributed by atoms with Crippen LogP contribution in [-0.4, -0.2) is 23.1 Å². The van der Waals surface area contributed by atoms with Gasteiger partial charge in [-0.25, -0.2) is 4.98 Å². The molecule has 0 aliphatic carbocycles. The van der Waals surface area contributed by atoms with Gasteiger partial charge in [0.1, 0.15) is 5.82 Å². The molecule has 4 heteroatoms. The maximum Gasteiger partial charge on any atom is 0.148 e. The summed E-state index contributed by atoms with van der Waals surface area (Å²) in [4.78, 5) is 8.24. The fraction of sp³-hybridized carbons (Fsp3) is 0.333. The van der Waals surface area contributed by atoms with Crippen molar-refractivity contribution in [1.82, 2.24) is 15.3 Å². The molecule has 2 N–H and O–H groups in total. The van der Waals surface area contributed by atoms with Gasteiger partial charge in [-0.3, -0.25) is 4.98 Å². The Morgan fingerprint density at radius 1 is 1.05 bits per heavy atom. The van der Waals surface area contributed by atoms with E-state index in [4.69, 9.17) is 0 Å². The van der Waals surface area contributed by atoms with Crippen LogP contribution >= 0.6 is 0 Å². The lowest BCUT2D eigenvalue weighted by atomic mass is 9.90. The topological polar surface area (TPSA) is 49.8 Å². The van der Waals surface area contributed by atoms with Gasteiger partial charge in [-0.05, 0) is 49.5 Å². The monoisotopic (exact) mass is 254 g/mol. The summed E-state index contributed by atoms with van der Waals surface area (Å²) in [6, 6.07) is 8.67. The Morgan fingerprint density at radius 3 is 2.53 bits per heavy atom. The zero-order valence-electron chi connectivity index (χ0n) is 10.8. The highest BCUT2D eigenvalue weighted by molar-refractivity contribution is 5.55. The normalized spacial score (nSPS) is 16.2. The zero-order chi connectivity index (χ0) is 12.9. The Hall–Kier alpha value is -1.94. The third-order valence-corrected chi connectivity index (χ3v) is 3.56. The Balaban J connectivity index is 1.68. The lowest BCUT2D eigenvalue weighted by Crippen LogP contribution is -2.26. The predicted octanol–water partition coefficient (Wildman–Crippen LogP) is 2.69. The molecule has 0 saturated carbocycles. The Morgan fingerprint density at radius 2 is 1.84 bits per heavy atom. The summed E-state index contributed by atoms with van der Waals surface area (Å²) in [5, 5.41) is 6.65. The number of hydrogen-bond donors (Lipinski definition) is 2. The Labute approximate surface area is 113 Å². The van der Waals surface area contributed by atoms with Gasteiger partial charge in [-0.1, -0.05) is 12.1 Å².